The monoisotopic (exact) mass is 375 g/mol. The lowest BCUT2D eigenvalue weighted by molar-refractivity contribution is 0.0603. The Hall–Kier alpha value is -2.51. The zero-order valence-corrected chi connectivity index (χ0v) is 15.1. The third kappa shape index (κ3) is 3.47. The number of carbonyl (C=O) groups is 2. The van der Waals surface area contributed by atoms with Crippen molar-refractivity contribution >= 4 is 39.6 Å². The summed E-state index contributed by atoms with van der Waals surface area (Å²) in [5, 5.41) is 5.01. The van der Waals surface area contributed by atoms with Gasteiger partial charge in [0.2, 0.25) is 0 Å². The normalized spacial score (nSPS) is 10.5. The molecule has 1 aromatic carbocycles. The molecule has 7 heteroatoms. The average Bonchev–Trinajstić information content (AvgIpc) is 3.23. The molecule has 128 valence electrons. The first-order valence-corrected chi connectivity index (χ1v) is 9.03. The molecule has 0 aliphatic carbocycles. The van der Waals surface area contributed by atoms with Crippen molar-refractivity contribution in [1.82, 2.24) is 0 Å². The first kappa shape index (κ1) is 17.3. The van der Waals surface area contributed by atoms with Crippen LogP contribution in [-0.4, -0.2) is 19.0 Å². The van der Waals surface area contributed by atoms with Crippen molar-refractivity contribution in [3.05, 3.63) is 62.9 Å². The summed E-state index contributed by atoms with van der Waals surface area (Å²) in [6, 6.07) is 9.35. The van der Waals surface area contributed by atoms with Crippen molar-refractivity contribution in [2.24, 2.45) is 0 Å². The van der Waals surface area contributed by atoms with Crippen LogP contribution in [0.25, 0.3) is 11.1 Å². The lowest BCUT2D eigenvalue weighted by Gasteiger charge is -2.07. The highest BCUT2D eigenvalue weighted by molar-refractivity contribution is 7.17. The third-order valence-corrected chi connectivity index (χ3v) is 5.47. The summed E-state index contributed by atoms with van der Waals surface area (Å²) in [6.45, 7) is 1.84. The first-order chi connectivity index (χ1) is 12.0. The maximum Gasteiger partial charge on any atom is 0.341 e. The highest BCUT2D eigenvalue weighted by Crippen LogP contribution is 2.40. The highest BCUT2D eigenvalue weighted by atomic mass is 32.1. The number of hydrogen-bond donors (Lipinski definition) is 1. The predicted octanol–water partition coefficient (Wildman–Crippen LogP) is 4.96. The Morgan fingerprint density at radius 2 is 1.88 bits per heavy atom. The van der Waals surface area contributed by atoms with E-state index in [1.165, 1.54) is 41.9 Å². The summed E-state index contributed by atoms with van der Waals surface area (Å²) in [7, 11) is 1.29. The van der Waals surface area contributed by atoms with Gasteiger partial charge in [-0.1, -0.05) is 18.2 Å². The number of halogens is 1. The molecule has 1 amide bonds. The quantitative estimate of drug-likeness (QED) is 0.656. The number of anilines is 1. The maximum absolute atomic E-state index is 13.2. The standard InChI is InChI=1S/C18H14FNO3S2/c1-10-14(11-5-7-12(19)8-6-11)15(18(22)23-2)17(25-10)20-16(21)13-4-3-9-24-13/h3-9H,1-2H3,(H,20,21). The molecule has 1 N–H and O–H groups in total. The summed E-state index contributed by atoms with van der Waals surface area (Å²) in [5.41, 5.74) is 1.60. The summed E-state index contributed by atoms with van der Waals surface area (Å²) in [5.74, 6) is -1.19. The molecule has 4 nitrogen and oxygen atoms in total. The molecule has 3 rings (SSSR count). The van der Waals surface area contributed by atoms with Crippen LogP contribution >= 0.6 is 22.7 Å². The van der Waals surface area contributed by atoms with Gasteiger partial charge in [0, 0.05) is 10.4 Å². The molecule has 0 unspecified atom stereocenters. The van der Waals surface area contributed by atoms with Gasteiger partial charge in [0.05, 0.1) is 12.0 Å². The smallest absolute Gasteiger partial charge is 0.341 e. The van der Waals surface area contributed by atoms with Crippen LogP contribution in [0.5, 0.6) is 0 Å². The largest absolute Gasteiger partial charge is 0.465 e. The topological polar surface area (TPSA) is 55.4 Å². The average molecular weight is 375 g/mol. The number of thiophene rings is 2. The SMILES string of the molecule is COC(=O)c1c(NC(=O)c2cccs2)sc(C)c1-c1ccc(F)cc1. The molecule has 0 radical (unpaired) electrons. The van der Waals surface area contributed by atoms with E-state index in [2.05, 4.69) is 5.32 Å². The Morgan fingerprint density at radius 3 is 2.48 bits per heavy atom. The molecule has 0 saturated carbocycles. The third-order valence-electron chi connectivity index (χ3n) is 3.58. The van der Waals surface area contributed by atoms with Gasteiger partial charge in [0.15, 0.2) is 0 Å². The molecule has 2 heterocycles. The molecular weight excluding hydrogens is 361 g/mol. The molecular formula is C18H14FNO3S2. The minimum atomic E-state index is -0.551. The Morgan fingerprint density at radius 1 is 1.16 bits per heavy atom. The molecule has 3 aromatic rings. The molecule has 0 aliphatic rings. The van der Waals surface area contributed by atoms with Gasteiger partial charge in [-0.15, -0.1) is 22.7 Å². The van der Waals surface area contributed by atoms with Crippen molar-refractivity contribution in [3.8, 4) is 11.1 Å². The second kappa shape index (κ2) is 7.16. The van der Waals surface area contributed by atoms with Gasteiger partial charge < -0.3 is 10.1 Å². The number of rotatable bonds is 4. The van der Waals surface area contributed by atoms with Gasteiger partial charge in [0.1, 0.15) is 16.4 Å². The van der Waals surface area contributed by atoms with Gasteiger partial charge in [-0.2, -0.15) is 0 Å². The van der Waals surface area contributed by atoms with Crippen LogP contribution in [0.1, 0.15) is 24.9 Å². The van der Waals surface area contributed by atoms with Gasteiger partial charge in [-0.25, -0.2) is 9.18 Å². The van der Waals surface area contributed by atoms with Crippen molar-refractivity contribution in [2.45, 2.75) is 6.92 Å². The van der Waals surface area contributed by atoms with E-state index in [4.69, 9.17) is 4.74 Å². The molecule has 0 saturated heterocycles. The number of esters is 1. The fourth-order valence-electron chi connectivity index (χ4n) is 2.47. The summed E-state index contributed by atoms with van der Waals surface area (Å²) in [6.07, 6.45) is 0. The van der Waals surface area contributed by atoms with E-state index in [1.807, 2.05) is 6.92 Å². The number of hydrogen-bond acceptors (Lipinski definition) is 5. The van der Waals surface area contributed by atoms with Crippen LogP contribution in [0.2, 0.25) is 0 Å². The first-order valence-electron chi connectivity index (χ1n) is 7.33. The zero-order valence-electron chi connectivity index (χ0n) is 13.5. The van der Waals surface area contributed by atoms with Crippen LogP contribution in [0.15, 0.2) is 41.8 Å². The number of aryl methyl sites for hydroxylation is 1. The summed E-state index contributed by atoms with van der Waals surface area (Å²) in [4.78, 5) is 26.1. The van der Waals surface area contributed by atoms with Crippen LogP contribution in [0, 0.1) is 12.7 Å². The number of methoxy groups -OCH3 is 1. The Kier molecular flexibility index (Phi) is 4.96. The van der Waals surface area contributed by atoms with E-state index in [0.29, 0.717) is 21.0 Å². The van der Waals surface area contributed by atoms with E-state index in [-0.39, 0.29) is 17.3 Å². The van der Waals surface area contributed by atoms with Crippen LogP contribution in [0.4, 0.5) is 9.39 Å². The van der Waals surface area contributed by atoms with Crippen LogP contribution in [-0.2, 0) is 4.74 Å². The van der Waals surface area contributed by atoms with Gasteiger partial charge in [-0.05, 0) is 36.1 Å². The fraction of sp³-hybridized carbons (Fsp3) is 0.111. The van der Waals surface area contributed by atoms with Crippen molar-refractivity contribution in [1.29, 1.82) is 0 Å². The number of ether oxygens (including phenoxy) is 1. The Balaban J connectivity index is 2.07. The lowest BCUT2D eigenvalue weighted by atomic mass is 10.0. The van der Waals surface area contributed by atoms with E-state index >= 15 is 0 Å². The fourth-order valence-corrected chi connectivity index (χ4v) is 4.14. The van der Waals surface area contributed by atoms with Gasteiger partial charge in [0.25, 0.3) is 5.91 Å². The molecule has 2 aromatic heterocycles. The highest BCUT2D eigenvalue weighted by Gasteiger charge is 2.25. The second-order valence-corrected chi connectivity index (χ2v) is 7.34. The van der Waals surface area contributed by atoms with Crippen LogP contribution in [0.3, 0.4) is 0 Å². The number of amides is 1. The summed E-state index contributed by atoms with van der Waals surface area (Å²) >= 11 is 2.60. The van der Waals surface area contributed by atoms with Crippen molar-refractivity contribution < 1.29 is 18.7 Å². The van der Waals surface area contributed by atoms with E-state index < -0.39 is 5.97 Å². The molecule has 25 heavy (non-hydrogen) atoms. The molecule has 0 fully saturated rings. The molecule has 0 atom stereocenters. The Labute approximate surface area is 151 Å². The molecule has 0 bridgehead atoms. The zero-order chi connectivity index (χ0) is 18.0. The molecule has 0 aliphatic heterocycles. The Bertz CT molecular complexity index is 915. The van der Waals surface area contributed by atoms with Crippen molar-refractivity contribution in [2.75, 3.05) is 12.4 Å². The number of nitrogens with one attached hydrogen (secondary N) is 1. The second-order valence-electron chi connectivity index (χ2n) is 5.17. The predicted molar refractivity (Wildman–Crippen MR) is 98.1 cm³/mol. The van der Waals surface area contributed by atoms with E-state index in [9.17, 15) is 14.0 Å². The lowest BCUT2D eigenvalue weighted by Crippen LogP contribution is -2.13. The van der Waals surface area contributed by atoms with E-state index in [0.717, 1.165) is 4.88 Å². The van der Waals surface area contributed by atoms with Crippen molar-refractivity contribution in [3.63, 3.8) is 0 Å². The van der Waals surface area contributed by atoms with Crippen LogP contribution < -0.4 is 5.32 Å². The minimum Gasteiger partial charge on any atom is -0.465 e. The summed E-state index contributed by atoms with van der Waals surface area (Å²) < 4.78 is 18.1. The van der Waals surface area contributed by atoms with E-state index in [1.54, 1.807) is 29.6 Å². The molecule has 0 spiro atoms. The number of benzene rings is 1. The minimum absolute atomic E-state index is 0.279. The number of carbonyl (C=O) groups excluding carboxylic acids is 2. The maximum atomic E-state index is 13.2. The van der Waals surface area contributed by atoms with Gasteiger partial charge >= 0.3 is 5.97 Å². The van der Waals surface area contributed by atoms with Gasteiger partial charge in [-0.3, -0.25) is 4.79 Å².